The van der Waals surface area contributed by atoms with Crippen molar-refractivity contribution in [1.82, 2.24) is 0 Å². The summed E-state index contributed by atoms with van der Waals surface area (Å²) in [5.41, 5.74) is 0. The topological polar surface area (TPSA) is 33.1 Å². The molecule has 0 rings (SSSR count). The SMILES string of the molecule is C=CC(CCC)OC(=N)C(Cl)(Cl)Cl. The fourth-order valence-electron chi connectivity index (χ4n) is 0.728. The summed E-state index contributed by atoms with van der Waals surface area (Å²) in [7, 11) is 0. The van der Waals surface area contributed by atoms with E-state index >= 15 is 0 Å². The van der Waals surface area contributed by atoms with Gasteiger partial charge >= 0.3 is 0 Å². The van der Waals surface area contributed by atoms with Crippen LogP contribution in [0.3, 0.4) is 0 Å². The van der Waals surface area contributed by atoms with Crippen molar-refractivity contribution in [3.05, 3.63) is 12.7 Å². The number of halogens is 3. The van der Waals surface area contributed by atoms with E-state index in [2.05, 4.69) is 6.58 Å². The van der Waals surface area contributed by atoms with Crippen molar-refractivity contribution < 1.29 is 4.74 Å². The molecule has 0 radical (unpaired) electrons. The van der Waals surface area contributed by atoms with Crippen LogP contribution in [0.25, 0.3) is 0 Å². The third-order valence-electron chi connectivity index (χ3n) is 1.36. The maximum absolute atomic E-state index is 7.29. The molecule has 0 amide bonds. The van der Waals surface area contributed by atoms with Crippen LogP contribution in [-0.2, 0) is 4.74 Å². The van der Waals surface area contributed by atoms with E-state index in [-0.39, 0.29) is 12.0 Å². The predicted molar refractivity (Wildman–Crippen MR) is 58.0 cm³/mol. The maximum atomic E-state index is 7.29. The average Bonchev–Trinajstić information content (AvgIpc) is 2.01. The van der Waals surface area contributed by atoms with E-state index in [4.69, 9.17) is 44.9 Å². The first kappa shape index (κ1) is 13.1. The Bertz CT molecular complexity index is 188. The highest BCUT2D eigenvalue weighted by molar-refractivity contribution is 6.76. The van der Waals surface area contributed by atoms with Gasteiger partial charge in [0.15, 0.2) is 0 Å². The molecule has 0 spiro atoms. The van der Waals surface area contributed by atoms with Gasteiger partial charge in [-0.2, -0.15) is 0 Å². The first-order valence-electron chi connectivity index (χ1n) is 3.86. The van der Waals surface area contributed by atoms with Gasteiger partial charge in [0, 0.05) is 0 Å². The van der Waals surface area contributed by atoms with Crippen molar-refractivity contribution in [2.45, 2.75) is 29.7 Å². The van der Waals surface area contributed by atoms with Gasteiger partial charge < -0.3 is 4.74 Å². The number of nitrogens with one attached hydrogen (secondary N) is 1. The molecule has 0 saturated heterocycles. The van der Waals surface area contributed by atoms with Gasteiger partial charge in [-0.1, -0.05) is 60.8 Å². The molecular weight excluding hydrogens is 232 g/mol. The van der Waals surface area contributed by atoms with Crippen LogP contribution in [0.4, 0.5) is 0 Å². The Hall–Kier alpha value is 0.0800. The fourth-order valence-corrected chi connectivity index (χ4v) is 0.861. The highest BCUT2D eigenvalue weighted by Crippen LogP contribution is 2.28. The maximum Gasteiger partial charge on any atom is 0.265 e. The Morgan fingerprint density at radius 2 is 2.15 bits per heavy atom. The van der Waals surface area contributed by atoms with Gasteiger partial charge in [0.1, 0.15) is 6.10 Å². The van der Waals surface area contributed by atoms with Gasteiger partial charge in [0.25, 0.3) is 3.79 Å². The molecule has 0 fully saturated rings. The Kier molecular flexibility index (Phi) is 5.77. The van der Waals surface area contributed by atoms with Gasteiger partial charge in [-0.05, 0) is 6.42 Å². The zero-order chi connectivity index (χ0) is 10.5. The van der Waals surface area contributed by atoms with Gasteiger partial charge in [0.05, 0.1) is 0 Å². The highest BCUT2D eigenvalue weighted by Gasteiger charge is 2.29. The van der Waals surface area contributed by atoms with Crippen LogP contribution >= 0.6 is 34.8 Å². The first-order valence-corrected chi connectivity index (χ1v) is 5.00. The summed E-state index contributed by atoms with van der Waals surface area (Å²) in [5.74, 6) is -0.365. The van der Waals surface area contributed by atoms with E-state index in [1.54, 1.807) is 6.08 Å². The van der Waals surface area contributed by atoms with Gasteiger partial charge in [0.2, 0.25) is 5.90 Å². The third kappa shape index (κ3) is 5.40. The summed E-state index contributed by atoms with van der Waals surface area (Å²) < 4.78 is 3.29. The van der Waals surface area contributed by atoms with Crippen LogP contribution in [0.2, 0.25) is 0 Å². The average molecular weight is 245 g/mol. The second-order valence-corrected chi connectivity index (χ2v) is 4.79. The molecule has 0 aliphatic heterocycles. The molecule has 1 unspecified atom stereocenters. The number of ether oxygens (including phenoxy) is 1. The lowest BCUT2D eigenvalue weighted by Gasteiger charge is -2.19. The summed E-state index contributed by atoms with van der Waals surface area (Å²) >= 11 is 16.3. The van der Waals surface area contributed by atoms with E-state index in [0.29, 0.717) is 0 Å². The van der Waals surface area contributed by atoms with Crippen LogP contribution in [0.5, 0.6) is 0 Å². The molecule has 5 heteroatoms. The molecule has 76 valence electrons. The van der Waals surface area contributed by atoms with E-state index in [9.17, 15) is 0 Å². The lowest BCUT2D eigenvalue weighted by atomic mass is 10.2. The minimum Gasteiger partial charge on any atom is -0.471 e. The normalized spacial score (nSPS) is 13.5. The molecule has 1 N–H and O–H groups in total. The summed E-state index contributed by atoms with van der Waals surface area (Å²) in [6.07, 6.45) is 3.01. The van der Waals surface area contributed by atoms with E-state index in [1.165, 1.54) is 0 Å². The lowest BCUT2D eigenvalue weighted by Crippen LogP contribution is -2.26. The Morgan fingerprint density at radius 3 is 2.46 bits per heavy atom. The molecule has 0 aliphatic carbocycles. The van der Waals surface area contributed by atoms with Crippen molar-refractivity contribution in [3.8, 4) is 0 Å². The highest BCUT2D eigenvalue weighted by atomic mass is 35.6. The quantitative estimate of drug-likeness (QED) is 0.348. The number of rotatable bonds is 4. The summed E-state index contributed by atoms with van der Waals surface area (Å²) in [6.45, 7) is 5.56. The molecule has 1 atom stereocenters. The number of hydrogen-bond donors (Lipinski definition) is 1. The predicted octanol–water partition coefficient (Wildman–Crippen LogP) is 3.71. The molecule has 2 nitrogen and oxygen atoms in total. The van der Waals surface area contributed by atoms with Crippen molar-refractivity contribution in [3.63, 3.8) is 0 Å². The molecule has 0 aromatic heterocycles. The number of hydrogen-bond acceptors (Lipinski definition) is 2. The second-order valence-electron chi connectivity index (χ2n) is 2.51. The molecule has 0 saturated carbocycles. The Morgan fingerprint density at radius 1 is 1.62 bits per heavy atom. The van der Waals surface area contributed by atoms with Gasteiger partial charge in [-0.15, -0.1) is 0 Å². The monoisotopic (exact) mass is 243 g/mol. The van der Waals surface area contributed by atoms with Crippen LogP contribution < -0.4 is 0 Å². The lowest BCUT2D eigenvalue weighted by molar-refractivity contribution is 0.218. The summed E-state index contributed by atoms with van der Waals surface area (Å²) in [5, 5.41) is 7.29. The zero-order valence-electron chi connectivity index (χ0n) is 7.32. The summed E-state index contributed by atoms with van der Waals surface area (Å²) in [4.78, 5) is 0. The minimum absolute atomic E-state index is 0.256. The van der Waals surface area contributed by atoms with Gasteiger partial charge in [-0.25, -0.2) is 0 Å². The molecular formula is C8H12Cl3NO. The third-order valence-corrected chi connectivity index (χ3v) is 1.88. The van der Waals surface area contributed by atoms with Crippen molar-refractivity contribution in [2.24, 2.45) is 0 Å². The van der Waals surface area contributed by atoms with E-state index in [1.807, 2.05) is 6.92 Å². The van der Waals surface area contributed by atoms with Crippen molar-refractivity contribution in [1.29, 1.82) is 5.41 Å². The minimum atomic E-state index is -1.78. The van der Waals surface area contributed by atoms with Crippen molar-refractivity contribution in [2.75, 3.05) is 0 Å². The molecule has 0 aromatic carbocycles. The smallest absolute Gasteiger partial charge is 0.265 e. The van der Waals surface area contributed by atoms with Crippen LogP contribution in [-0.4, -0.2) is 15.8 Å². The molecule has 0 heterocycles. The molecule has 0 bridgehead atoms. The molecule has 13 heavy (non-hydrogen) atoms. The Labute approximate surface area is 93.3 Å². The van der Waals surface area contributed by atoms with E-state index in [0.717, 1.165) is 12.8 Å². The van der Waals surface area contributed by atoms with Crippen molar-refractivity contribution >= 4 is 40.7 Å². The molecule has 0 aromatic rings. The van der Waals surface area contributed by atoms with Crippen LogP contribution in [0.15, 0.2) is 12.7 Å². The number of alkyl halides is 3. The Balaban J connectivity index is 4.09. The first-order chi connectivity index (χ1) is 5.91. The largest absolute Gasteiger partial charge is 0.471 e. The standard InChI is InChI=1S/C8H12Cl3NO/c1-3-5-6(4-2)13-7(12)8(9,10)11/h4,6,12H,2-3,5H2,1H3. The second kappa shape index (κ2) is 5.74. The summed E-state index contributed by atoms with van der Waals surface area (Å²) in [6, 6.07) is 0. The van der Waals surface area contributed by atoms with Gasteiger partial charge in [-0.3, -0.25) is 5.41 Å². The zero-order valence-corrected chi connectivity index (χ0v) is 9.59. The van der Waals surface area contributed by atoms with Crippen LogP contribution in [0.1, 0.15) is 19.8 Å². The van der Waals surface area contributed by atoms with E-state index < -0.39 is 3.79 Å². The fraction of sp³-hybridized carbons (Fsp3) is 0.625. The molecule has 0 aliphatic rings. The van der Waals surface area contributed by atoms with Crippen LogP contribution in [0, 0.1) is 5.41 Å².